The van der Waals surface area contributed by atoms with Gasteiger partial charge in [0.15, 0.2) is 5.76 Å². The van der Waals surface area contributed by atoms with Gasteiger partial charge < -0.3 is 18.9 Å². The lowest BCUT2D eigenvalue weighted by Gasteiger charge is -2.39. The van der Waals surface area contributed by atoms with Crippen LogP contribution in [0.1, 0.15) is 118 Å². The molecule has 6 nitrogen and oxygen atoms in total. The van der Waals surface area contributed by atoms with Gasteiger partial charge in [-0.1, -0.05) is 92.1 Å². The van der Waals surface area contributed by atoms with Crippen LogP contribution in [0.2, 0.25) is 0 Å². The third kappa shape index (κ3) is 12.7. The van der Waals surface area contributed by atoms with Crippen LogP contribution >= 0.6 is 0 Å². The number of unbranched alkanes of at least 4 members (excludes halogenated alkanes) is 8. The number of esters is 2. The molecule has 0 aromatic rings. The minimum atomic E-state index is -1.32. The average molecular weight is 495 g/mol. The van der Waals surface area contributed by atoms with Gasteiger partial charge in [-0.2, -0.15) is 0 Å². The molecule has 1 aliphatic carbocycles. The van der Waals surface area contributed by atoms with E-state index >= 15 is 0 Å². The SMILES string of the molecule is CCCCCCC(=O)OC1=CC=CC(OCCCCC)(OCC(C)C)C1OC(=O)CCCCCC. The van der Waals surface area contributed by atoms with Crippen LogP contribution in [0.15, 0.2) is 24.0 Å². The fraction of sp³-hybridized carbons (Fsp3) is 0.793. The highest BCUT2D eigenvalue weighted by molar-refractivity contribution is 5.72. The summed E-state index contributed by atoms with van der Waals surface area (Å²) in [5.74, 6) is -1.45. The number of hydrogen-bond donors (Lipinski definition) is 0. The van der Waals surface area contributed by atoms with E-state index < -0.39 is 11.9 Å². The van der Waals surface area contributed by atoms with E-state index in [4.69, 9.17) is 18.9 Å². The molecule has 0 fully saturated rings. The molecule has 0 amide bonds. The van der Waals surface area contributed by atoms with Crippen molar-refractivity contribution < 1.29 is 28.5 Å². The van der Waals surface area contributed by atoms with Gasteiger partial charge in [-0.15, -0.1) is 0 Å². The van der Waals surface area contributed by atoms with Gasteiger partial charge in [-0.05, 0) is 37.3 Å². The van der Waals surface area contributed by atoms with Crippen molar-refractivity contribution in [3.05, 3.63) is 24.0 Å². The van der Waals surface area contributed by atoms with Gasteiger partial charge in [0.2, 0.25) is 11.9 Å². The van der Waals surface area contributed by atoms with Gasteiger partial charge in [0.1, 0.15) is 0 Å². The zero-order valence-corrected chi connectivity index (χ0v) is 22.9. The van der Waals surface area contributed by atoms with Crippen LogP contribution < -0.4 is 0 Å². The molecular weight excluding hydrogens is 444 g/mol. The Morgan fingerprint density at radius 2 is 1.43 bits per heavy atom. The van der Waals surface area contributed by atoms with Gasteiger partial charge in [-0.25, -0.2) is 0 Å². The van der Waals surface area contributed by atoms with Gasteiger partial charge in [0.05, 0.1) is 13.2 Å². The molecule has 2 atom stereocenters. The first kappa shape index (κ1) is 31.4. The summed E-state index contributed by atoms with van der Waals surface area (Å²) in [6.07, 6.45) is 15.8. The van der Waals surface area contributed by atoms with Crippen molar-refractivity contribution in [1.82, 2.24) is 0 Å². The number of carbonyl (C=O) groups is 2. The zero-order chi connectivity index (χ0) is 25.9. The second-order valence-electron chi connectivity index (χ2n) is 9.88. The molecule has 0 aliphatic heterocycles. The van der Waals surface area contributed by atoms with Crippen molar-refractivity contribution in [3.8, 4) is 0 Å². The van der Waals surface area contributed by atoms with Crippen molar-refractivity contribution in [2.45, 2.75) is 130 Å². The maximum atomic E-state index is 12.8. The lowest BCUT2D eigenvalue weighted by molar-refractivity contribution is -0.261. The summed E-state index contributed by atoms with van der Waals surface area (Å²) in [6.45, 7) is 11.4. The van der Waals surface area contributed by atoms with Gasteiger partial charge >= 0.3 is 11.9 Å². The Hall–Kier alpha value is -1.66. The van der Waals surface area contributed by atoms with Crippen molar-refractivity contribution in [3.63, 3.8) is 0 Å². The maximum Gasteiger partial charge on any atom is 0.310 e. The van der Waals surface area contributed by atoms with Gasteiger partial charge in [0, 0.05) is 12.8 Å². The molecule has 0 spiro atoms. The molecule has 0 heterocycles. The van der Waals surface area contributed by atoms with Crippen molar-refractivity contribution >= 4 is 11.9 Å². The van der Waals surface area contributed by atoms with Crippen molar-refractivity contribution in [2.24, 2.45) is 5.92 Å². The Morgan fingerprint density at radius 1 is 0.829 bits per heavy atom. The van der Waals surface area contributed by atoms with Crippen LogP contribution in [0.3, 0.4) is 0 Å². The van der Waals surface area contributed by atoms with Crippen LogP contribution in [-0.2, 0) is 28.5 Å². The quantitative estimate of drug-likeness (QED) is 0.0996. The monoisotopic (exact) mass is 494 g/mol. The first-order valence-corrected chi connectivity index (χ1v) is 14.0. The Labute approximate surface area is 213 Å². The normalized spacial score (nSPS) is 19.6. The minimum absolute atomic E-state index is 0.250. The molecule has 0 radical (unpaired) electrons. The van der Waals surface area contributed by atoms with Crippen LogP contribution in [0, 0.1) is 5.92 Å². The summed E-state index contributed by atoms with van der Waals surface area (Å²) >= 11 is 0. The molecule has 6 heteroatoms. The number of allylic oxidation sites excluding steroid dienone is 2. The predicted octanol–water partition coefficient (Wildman–Crippen LogP) is 7.41. The molecule has 0 bridgehead atoms. The number of rotatable bonds is 20. The maximum absolute atomic E-state index is 12.8. The predicted molar refractivity (Wildman–Crippen MR) is 140 cm³/mol. The first-order valence-electron chi connectivity index (χ1n) is 14.0. The van der Waals surface area contributed by atoms with Crippen LogP contribution in [-0.4, -0.2) is 37.0 Å². The lowest BCUT2D eigenvalue weighted by Crippen LogP contribution is -2.51. The molecule has 0 aromatic carbocycles. The molecule has 1 rings (SSSR count). The van der Waals surface area contributed by atoms with Gasteiger partial charge in [-0.3, -0.25) is 9.59 Å². The molecule has 0 saturated heterocycles. The molecule has 35 heavy (non-hydrogen) atoms. The molecule has 1 aliphatic rings. The zero-order valence-electron chi connectivity index (χ0n) is 22.9. The van der Waals surface area contributed by atoms with Gasteiger partial charge in [0.25, 0.3) is 0 Å². The molecule has 0 saturated carbocycles. The average Bonchev–Trinajstić information content (AvgIpc) is 2.83. The highest BCUT2D eigenvalue weighted by atomic mass is 16.7. The summed E-state index contributed by atoms with van der Waals surface area (Å²) in [5.41, 5.74) is 0. The van der Waals surface area contributed by atoms with E-state index in [1.165, 1.54) is 0 Å². The first-order chi connectivity index (χ1) is 16.9. The summed E-state index contributed by atoms with van der Waals surface area (Å²) < 4.78 is 24.3. The molecule has 0 N–H and O–H groups in total. The largest absolute Gasteiger partial charge is 0.448 e. The summed E-state index contributed by atoms with van der Waals surface area (Å²) in [5, 5.41) is 0. The smallest absolute Gasteiger partial charge is 0.310 e. The second-order valence-corrected chi connectivity index (χ2v) is 9.88. The van der Waals surface area contributed by atoms with E-state index in [9.17, 15) is 9.59 Å². The van der Waals surface area contributed by atoms with E-state index in [1.54, 1.807) is 18.2 Å². The van der Waals surface area contributed by atoms with E-state index in [2.05, 4.69) is 34.6 Å². The Kier molecular flexibility index (Phi) is 16.7. The van der Waals surface area contributed by atoms with E-state index in [1.807, 2.05) is 0 Å². The fourth-order valence-corrected chi connectivity index (χ4v) is 3.81. The summed E-state index contributed by atoms with van der Waals surface area (Å²) in [4.78, 5) is 25.4. The van der Waals surface area contributed by atoms with E-state index in [0.29, 0.717) is 26.1 Å². The Morgan fingerprint density at radius 3 is 2.03 bits per heavy atom. The lowest BCUT2D eigenvalue weighted by atomic mass is 10.0. The Balaban J connectivity index is 3.05. The number of carbonyl (C=O) groups excluding carboxylic acids is 2. The van der Waals surface area contributed by atoms with E-state index in [-0.39, 0.29) is 23.6 Å². The molecule has 2 unspecified atom stereocenters. The molecule has 202 valence electrons. The van der Waals surface area contributed by atoms with Crippen molar-refractivity contribution in [1.29, 1.82) is 0 Å². The highest BCUT2D eigenvalue weighted by Gasteiger charge is 2.47. The highest BCUT2D eigenvalue weighted by Crippen LogP contribution is 2.34. The standard InChI is InChI=1S/C29H50O6/c1-6-9-12-14-19-26(30)34-25-18-17-21-29(33-23-24(4)5,32-22-16-11-8-3)28(25)35-27(31)20-15-13-10-7-2/h17-18,21,24,28H,6-16,19-20,22-23H2,1-5H3. The third-order valence-electron chi connectivity index (χ3n) is 5.88. The third-order valence-corrected chi connectivity index (χ3v) is 5.88. The van der Waals surface area contributed by atoms with Crippen LogP contribution in [0.4, 0.5) is 0 Å². The molecule has 0 aromatic heterocycles. The topological polar surface area (TPSA) is 71.1 Å². The summed E-state index contributed by atoms with van der Waals surface area (Å²) in [6, 6.07) is 0. The van der Waals surface area contributed by atoms with Crippen LogP contribution in [0.25, 0.3) is 0 Å². The van der Waals surface area contributed by atoms with Crippen LogP contribution in [0.5, 0.6) is 0 Å². The van der Waals surface area contributed by atoms with E-state index in [0.717, 1.165) is 70.6 Å². The second kappa shape index (κ2) is 18.6. The minimum Gasteiger partial charge on any atom is -0.448 e. The summed E-state index contributed by atoms with van der Waals surface area (Å²) in [7, 11) is 0. The Bertz CT molecular complexity index is 654. The number of hydrogen-bond acceptors (Lipinski definition) is 6. The van der Waals surface area contributed by atoms with Crippen molar-refractivity contribution in [2.75, 3.05) is 13.2 Å². The fourth-order valence-electron chi connectivity index (χ4n) is 3.81. The molecular formula is C29H50O6. The number of ether oxygens (including phenoxy) is 4.